The van der Waals surface area contributed by atoms with Gasteiger partial charge in [-0.2, -0.15) is 0 Å². The fourth-order valence-electron chi connectivity index (χ4n) is 3.92. The first kappa shape index (κ1) is 26.2. The van der Waals surface area contributed by atoms with E-state index in [2.05, 4.69) is 5.32 Å². The van der Waals surface area contributed by atoms with Crippen LogP contribution in [0.5, 0.6) is 0 Å². The number of hydrogen-bond acceptors (Lipinski definition) is 8. The highest BCUT2D eigenvalue weighted by Crippen LogP contribution is 2.39. The Balaban J connectivity index is 1.61. The third kappa shape index (κ3) is 6.79. The predicted molar refractivity (Wildman–Crippen MR) is 124 cm³/mol. The molecule has 34 heavy (non-hydrogen) atoms. The number of alkyl carbamates (subject to hydrolysis) is 1. The molecule has 5 atom stereocenters. The molecule has 9 nitrogen and oxygen atoms in total. The van der Waals surface area contributed by atoms with Crippen LogP contribution in [-0.4, -0.2) is 68.3 Å². The van der Waals surface area contributed by atoms with Gasteiger partial charge in [-0.15, -0.1) is 0 Å². The molecule has 0 bridgehead atoms. The van der Waals surface area contributed by atoms with E-state index in [0.717, 1.165) is 11.1 Å². The zero-order valence-corrected chi connectivity index (χ0v) is 20.8. The Labute approximate surface area is 200 Å². The fourth-order valence-corrected chi connectivity index (χ4v) is 3.92. The molecule has 0 unspecified atom stereocenters. The van der Waals surface area contributed by atoms with E-state index in [0.29, 0.717) is 0 Å². The van der Waals surface area contributed by atoms with Crippen molar-refractivity contribution in [1.29, 1.82) is 0 Å². The summed E-state index contributed by atoms with van der Waals surface area (Å²) in [4.78, 5) is 24.3. The highest BCUT2D eigenvalue weighted by Gasteiger charge is 2.54. The maximum atomic E-state index is 12.2. The fraction of sp³-hybridized carbons (Fsp3) is 0.600. The van der Waals surface area contributed by atoms with E-state index in [9.17, 15) is 9.59 Å². The van der Waals surface area contributed by atoms with Gasteiger partial charge in [0.1, 0.15) is 30.0 Å². The smallest absolute Gasteiger partial charge is 0.408 e. The first-order chi connectivity index (χ1) is 15.9. The number of hydrogen-bond donors (Lipinski definition) is 1. The summed E-state index contributed by atoms with van der Waals surface area (Å²) in [6.07, 6.45) is 2.11. The molecule has 0 aromatic heterocycles. The average Bonchev–Trinajstić information content (AvgIpc) is 3.21. The van der Waals surface area contributed by atoms with Gasteiger partial charge in [-0.3, -0.25) is 0 Å². The molecule has 188 valence electrons. The third-order valence-electron chi connectivity index (χ3n) is 5.37. The third-order valence-corrected chi connectivity index (χ3v) is 5.37. The topological polar surface area (TPSA) is 102 Å². The van der Waals surface area contributed by atoms with Crippen LogP contribution in [0.1, 0.15) is 45.7 Å². The number of carbonyl (C=O) groups is 2. The van der Waals surface area contributed by atoms with Crippen LogP contribution < -0.4 is 5.32 Å². The van der Waals surface area contributed by atoms with Crippen LogP contribution in [0.3, 0.4) is 0 Å². The maximum Gasteiger partial charge on any atom is 0.408 e. The van der Waals surface area contributed by atoms with Crippen LogP contribution in [0.15, 0.2) is 30.3 Å². The molecule has 3 rings (SSSR count). The van der Waals surface area contributed by atoms with Crippen LogP contribution in [0.4, 0.5) is 4.79 Å². The molecule has 0 radical (unpaired) electrons. The maximum absolute atomic E-state index is 12.2. The second-order valence-corrected chi connectivity index (χ2v) is 9.80. The van der Waals surface area contributed by atoms with E-state index < -0.39 is 35.8 Å². The summed E-state index contributed by atoms with van der Waals surface area (Å²) in [5, 5.41) is 2.58. The van der Waals surface area contributed by atoms with Crippen LogP contribution >= 0.6 is 0 Å². The molecule has 1 aromatic rings. The van der Waals surface area contributed by atoms with Crippen LogP contribution in [0, 0.1) is 0 Å². The number of carbonyl (C=O) groups excluding carboxylic acids is 2. The average molecular weight is 478 g/mol. The van der Waals surface area contributed by atoms with Crippen molar-refractivity contribution in [3.8, 4) is 0 Å². The van der Waals surface area contributed by atoms with Crippen molar-refractivity contribution in [3.63, 3.8) is 0 Å². The SMILES string of the molecule is COC(=O)[C@H](Cc1ccc(/C=C/[C@H]2O[C@@H]3OC(C)(C)O[C@@H]3[C@H]2OC)cc1)NC(=O)OC(C)(C)C. The second kappa shape index (κ2) is 10.4. The Morgan fingerprint density at radius 1 is 1.15 bits per heavy atom. The highest BCUT2D eigenvalue weighted by molar-refractivity contribution is 5.81. The van der Waals surface area contributed by atoms with E-state index in [1.54, 1.807) is 27.9 Å². The summed E-state index contributed by atoms with van der Waals surface area (Å²) < 4.78 is 33.4. The van der Waals surface area contributed by atoms with Crippen molar-refractivity contribution in [2.45, 2.75) is 83.1 Å². The number of amides is 1. The monoisotopic (exact) mass is 477 g/mol. The summed E-state index contributed by atoms with van der Waals surface area (Å²) in [6, 6.07) is 6.75. The van der Waals surface area contributed by atoms with Crippen LogP contribution in [-0.2, 0) is 39.6 Å². The summed E-state index contributed by atoms with van der Waals surface area (Å²) in [5.41, 5.74) is 1.13. The summed E-state index contributed by atoms with van der Waals surface area (Å²) in [7, 11) is 2.91. The summed E-state index contributed by atoms with van der Waals surface area (Å²) >= 11 is 0. The molecule has 1 amide bonds. The lowest BCUT2D eigenvalue weighted by molar-refractivity contribution is -0.210. The molecule has 2 heterocycles. The molecule has 1 N–H and O–H groups in total. The zero-order chi connectivity index (χ0) is 25.1. The van der Waals surface area contributed by atoms with Crippen molar-refractivity contribution in [1.82, 2.24) is 5.32 Å². The minimum absolute atomic E-state index is 0.265. The number of rotatable bonds is 7. The van der Waals surface area contributed by atoms with E-state index in [4.69, 9.17) is 28.4 Å². The normalized spacial score (nSPS) is 26.8. The standard InChI is InChI=1S/C25H35NO8/c1-24(2,3)34-23(28)26-17(21(27)30-7)14-16-10-8-15(9-11-16)12-13-18-19(29-6)20-22(31-18)33-25(4,5)32-20/h8-13,17-20,22H,14H2,1-7H3,(H,26,28)/b13-12+/t17-,18+,19-,20+,22+/m0/s1. The molecule has 0 aliphatic carbocycles. The van der Waals surface area contributed by atoms with Crippen LogP contribution in [0.25, 0.3) is 6.08 Å². The second-order valence-electron chi connectivity index (χ2n) is 9.80. The van der Waals surface area contributed by atoms with Gasteiger partial charge >= 0.3 is 12.1 Å². The lowest BCUT2D eigenvalue weighted by atomic mass is 10.0. The molecule has 2 aliphatic heterocycles. The van der Waals surface area contributed by atoms with Gasteiger partial charge in [0.25, 0.3) is 0 Å². The number of nitrogens with one attached hydrogen (secondary N) is 1. The largest absolute Gasteiger partial charge is 0.467 e. The van der Waals surface area contributed by atoms with E-state index in [1.807, 2.05) is 50.3 Å². The Morgan fingerprint density at radius 3 is 2.41 bits per heavy atom. The molecule has 0 saturated carbocycles. The van der Waals surface area contributed by atoms with Crippen molar-refractivity contribution in [3.05, 3.63) is 41.5 Å². The van der Waals surface area contributed by atoms with E-state index in [-0.39, 0.29) is 24.7 Å². The molecule has 0 spiro atoms. The van der Waals surface area contributed by atoms with Crippen molar-refractivity contribution in [2.75, 3.05) is 14.2 Å². The number of esters is 1. The molecule has 1 aromatic carbocycles. The molecular formula is C25H35NO8. The van der Waals surface area contributed by atoms with Gasteiger partial charge in [-0.05, 0) is 45.7 Å². The molecule has 9 heteroatoms. The Morgan fingerprint density at radius 2 is 1.82 bits per heavy atom. The van der Waals surface area contributed by atoms with Gasteiger partial charge in [0.05, 0.1) is 7.11 Å². The molecule has 2 fully saturated rings. The van der Waals surface area contributed by atoms with Gasteiger partial charge in [0.15, 0.2) is 12.1 Å². The van der Waals surface area contributed by atoms with E-state index >= 15 is 0 Å². The van der Waals surface area contributed by atoms with Crippen molar-refractivity contribution >= 4 is 18.1 Å². The number of methoxy groups -OCH3 is 2. The minimum atomic E-state index is -0.862. The highest BCUT2D eigenvalue weighted by atomic mass is 16.8. The summed E-state index contributed by atoms with van der Waals surface area (Å²) in [5.74, 6) is -1.24. The Bertz CT molecular complexity index is 889. The van der Waals surface area contributed by atoms with Crippen LogP contribution in [0.2, 0.25) is 0 Å². The minimum Gasteiger partial charge on any atom is -0.467 e. The lowest BCUT2D eigenvalue weighted by Crippen LogP contribution is -2.45. The van der Waals surface area contributed by atoms with Crippen molar-refractivity contribution < 1.29 is 38.0 Å². The lowest BCUT2D eigenvalue weighted by Gasteiger charge is -2.23. The van der Waals surface area contributed by atoms with Gasteiger partial charge in [0.2, 0.25) is 0 Å². The molecular weight excluding hydrogens is 442 g/mol. The van der Waals surface area contributed by atoms with Crippen molar-refractivity contribution in [2.24, 2.45) is 0 Å². The number of fused-ring (bicyclic) bond motifs is 1. The quantitative estimate of drug-likeness (QED) is 0.598. The zero-order valence-electron chi connectivity index (χ0n) is 20.8. The van der Waals surface area contributed by atoms with Gasteiger partial charge in [0, 0.05) is 13.5 Å². The van der Waals surface area contributed by atoms with Gasteiger partial charge in [-0.1, -0.05) is 36.4 Å². The number of ether oxygens (including phenoxy) is 6. The summed E-state index contributed by atoms with van der Waals surface area (Å²) in [6.45, 7) is 8.96. The van der Waals surface area contributed by atoms with Gasteiger partial charge < -0.3 is 33.7 Å². The first-order valence-corrected chi connectivity index (χ1v) is 11.3. The Kier molecular flexibility index (Phi) is 8.02. The Hall–Kier alpha value is -2.46. The predicted octanol–water partition coefficient (Wildman–Crippen LogP) is 3.20. The number of benzene rings is 1. The van der Waals surface area contributed by atoms with Gasteiger partial charge in [-0.25, -0.2) is 9.59 Å². The molecule has 2 aliphatic rings. The molecule has 2 saturated heterocycles. The first-order valence-electron chi connectivity index (χ1n) is 11.3. The van der Waals surface area contributed by atoms with E-state index in [1.165, 1.54) is 7.11 Å².